The smallest absolute Gasteiger partial charge is 0.282 e. The number of hydrogen-bond donors (Lipinski definition) is 0. The van der Waals surface area contributed by atoms with Crippen molar-refractivity contribution >= 4 is 15.8 Å². The lowest BCUT2D eigenvalue weighted by Gasteiger charge is -2.26. The van der Waals surface area contributed by atoms with Gasteiger partial charge in [0.05, 0.1) is 0 Å². The van der Waals surface area contributed by atoms with Gasteiger partial charge in [-0.25, -0.2) is 0 Å². The second kappa shape index (κ2) is 5.84. The molecule has 0 heterocycles. The summed E-state index contributed by atoms with van der Waals surface area (Å²) in [5, 5.41) is 0. The van der Waals surface area contributed by atoms with Gasteiger partial charge in [0.1, 0.15) is 5.75 Å². The number of rotatable bonds is 6. The van der Waals surface area contributed by atoms with Crippen molar-refractivity contribution in [3.63, 3.8) is 0 Å². The van der Waals surface area contributed by atoms with E-state index in [1.807, 2.05) is 31.2 Å². The van der Waals surface area contributed by atoms with E-state index in [2.05, 4.69) is 6.58 Å². The largest absolute Gasteiger partial charge is 0.543 e. The maximum Gasteiger partial charge on any atom is 0.282 e. The van der Waals surface area contributed by atoms with Crippen molar-refractivity contribution in [3.05, 3.63) is 36.4 Å². The monoisotopic (exact) mass is 238 g/mol. The number of benzene rings is 1. The van der Waals surface area contributed by atoms with E-state index in [4.69, 9.17) is 13.9 Å². The van der Waals surface area contributed by atoms with Gasteiger partial charge in [-0.1, -0.05) is 30.9 Å². The molecule has 1 aromatic rings. The summed E-state index contributed by atoms with van der Waals surface area (Å²) < 4.78 is 16.3. The Labute approximate surface area is 99.0 Å². The first-order valence-corrected chi connectivity index (χ1v) is 6.38. The zero-order valence-corrected chi connectivity index (χ0v) is 11.4. The van der Waals surface area contributed by atoms with E-state index >= 15 is 0 Å². The molecule has 0 aliphatic rings. The van der Waals surface area contributed by atoms with Gasteiger partial charge < -0.3 is 13.9 Å². The lowest BCUT2D eigenvalue weighted by atomic mass is 10.2. The quantitative estimate of drug-likeness (QED) is 0.558. The molecule has 3 nitrogen and oxygen atoms in total. The minimum Gasteiger partial charge on any atom is -0.543 e. The molecular weight excluding hydrogens is 220 g/mol. The van der Waals surface area contributed by atoms with Gasteiger partial charge in [0.2, 0.25) is 0 Å². The summed E-state index contributed by atoms with van der Waals surface area (Å²) in [4.78, 5) is 0. The molecule has 88 valence electrons. The van der Waals surface area contributed by atoms with Crippen molar-refractivity contribution in [3.8, 4) is 5.75 Å². The first-order chi connectivity index (χ1) is 7.65. The standard InChI is InChI=1S/C12H18O3Si/c1-5-10-8-6-7-9-11(10)15-16-12(2,13-3)14-4/h5-9H,1,16H2,2-4H3. The molecule has 0 atom stereocenters. The molecule has 4 heteroatoms. The molecule has 1 aromatic carbocycles. The number of hydrogen-bond acceptors (Lipinski definition) is 3. The predicted octanol–water partition coefficient (Wildman–Crippen LogP) is 1.76. The second-order valence-corrected chi connectivity index (χ2v) is 5.43. The average molecular weight is 238 g/mol. The highest BCUT2D eigenvalue weighted by molar-refractivity contribution is 6.32. The lowest BCUT2D eigenvalue weighted by Crippen LogP contribution is -2.40. The highest BCUT2D eigenvalue weighted by atomic mass is 28.2. The van der Waals surface area contributed by atoms with E-state index in [-0.39, 0.29) is 0 Å². The molecule has 0 aliphatic carbocycles. The number of ether oxygens (including phenoxy) is 2. The van der Waals surface area contributed by atoms with Crippen molar-refractivity contribution in [1.82, 2.24) is 0 Å². The Morgan fingerprint density at radius 2 is 1.88 bits per heavy atom. The fraction of sp³-hybridized carbons (Fsp3) is 0.333. The van der Waals surface area contributed by atoms with E-state index in [0.717, 1.165) is 11.3 Å². The summed E-state index contributed by atoms with van der Waals surface area (Å²) in [7, 11) is 2.26. The van der Waals surface area contributed by atoms with Crippen molar-refractivity contribution in [2.75, 3.05) is 14.2 Å². The molecule has 0 spiro atoms. The van der Waals surface area contributed by atoms with Crippen LogP contribution in [0.3, 0.4) is 0 Å². The van der Waals surface area contributed by atoms with Crippen molar-refractivity contribution in [2.24, 2.45) is 0 Å². The third kappa shape index (κ3) is 3.20. The summed E-state index contributed by atoms with van der Waals surface area (Å²) in [6.07, 6.45) is 1.78. The van der Waals surface area contributed by atoms with Crippen molar-refractivity contribution in [2.45, 2.75) is 12.3 Å². The van der Waals surface area contributed by atoms with Crippen LogP contribution in [0.2, 0.25) is 0 Å². The van der Waals surface area contributed by atoms with Gasteiger partial charge in [0.15, 0.2) is 5.41 Å². The Morgan fingerprint density at radius 1 is 1.25 bits per heavy atom. The molecule has 16 heavy (non-hydrogen) atoms. The fourth-order valence-corrected chi connectivity index (χ4v) is 2.11. The highest BCUT2D eigenvalue weighted by Crippen LogP contribution is 2.20. The third-order valence-corrected chi connectivity index (χ3v) is 4.05. The zero-order valence-electron chi connectivity index (χ0n) is 10.0. The van der Waals surface area contributed by atoms with Gasteiger partial charge in [-0.15, -0.1) is 0 Å². The van der Waals surface area contributed by atoms with Crippen LogP contribution in [0.15, 0.2) is 30.8 Å². The van der Waals surface area contributed by atoms with E-state index < -0.39 is 15.2 Å². The third-order valence-electron chi connectivity index (χ3n) is 2.49. The van der Waals surface area contributed by atoms with E-state index in [9.17, 15) is 0 Å². The Bertz CT molecular complexity index is 348. The number of methoxy groups -OCH3 is 2. The lowest BCUT2D eigenvalue weighted by molar-refractivity contribution is -0.135. The van der Waals surface area contributed by atoms with Gasteiger partial charge in [-0.2, -0.15) is 0 Å². The number of para-hydroxylation sites is 1. The molecule has 0 amide bonds. The summed E-state index contributed by atoms with van der Waals surface area (Å²) in [5.41, 5.74) is 0.401. The summed E-state index contributed by atoms with van der Waals surface area (Å²) in [6.45, 7) is 5.63. The first kappa shape index (κ1) is 13.0. The van der Waals surface area contributed by atoms with Gasteiger partial charge >= 0.3 is 0 Å². The minimum atomic E-state index is -0.992. The normalized spacial score (nSPS) is 11.9. The van der Waals surface area contributed by atoms with Crippen LogP contribution >= 0.6 is 0 Å². The Morgan fingerprint density at radius 3 is 2.44 bits per heavy atom. The molecule has 0 aromatic heterocycles. The van der Waals surface area contributed by atoms with Crippen LogP contribution in [0.25, 0.3) is 6.08 Å². The van der Waals surface area contributed by atoms with Crippen LogP contribution in [0.4, 0.5) is 0 Å². The maximum absolute atomic E-state index is 5.79. The van der Waals surface area contributed by atoms with Crippen LogP contribution in [0, 0.1) is 0 Å². The van der Waals surface area contributed by atoms with E-state index in [1.54, 1.807) is 20.3 Å². The van der Waals surface area contributed by atoms with Crippen LogP contribution < -0.4 is 4.43 Å². The first-order valence-electron chi connectivity index (χ1n) is 5.10. The fourth-order valence-electron chi connectivity index (χ4n) is 1.19. The highest BCUT2D eigenvalue weighted by Gasteiger charge is 2.25. The van der Waals surface area contributed by atoms with E-state index in [1.165, 1.54) is 0 Å². The van der Waals surface area contributed by atoms with Crippen LogP contribution in [-0.2, 0) is 9.47 Å². The molecule has 0 N–H and O–H groups in total. The molecule has 0 radical (unpaired) electrons. The van der Waals surface area contributed by atoms with Crippen LogP contribution in [-0.4, -0.2) is 29.4 Å². The van der Waals surface area contributed by atoms with Gasteiger partial charge in [-0.05, 0) is 13.0 Å². The molecule has 0 saturated heterocycles. The summed E-state index contributed by atoms with van der Waals surface area (Å²) in [5.74, 6) is 0.837. The van der Waals surface area contributed by atoms with Gasteiger partial charge in [0, 0.05) is 19.8 Å². The molecule has 1 rings (SSSR count). The summed E-state index contributed by atoms with van der Waals surface area (Å²) in [6, 6.07) is 7.79. The molecule has 0 saturated carbocycles. The van der Waals surface area contributed by atoms with Crippen molar-refractivity contribution < 1.29 is 13.9 Å². The summed E-state index contributed by atoms with van der Waals surface area (Å²) >= 11 is 0. The SMILES string of the molecule is C=Cc1ccccc1O[SiH2]C(C)(OC)OC. The zero-order chi connectivity index (χ0) is 12.0. The Kier molecular flexibility index (Phi) is 4.73. The average Bonchev–Trinajstić information content (AvgIpc) is 2.36. The molecule has 0 fully saturated rings. The molecule has 0 aliphatic heterocycles. The van der Waals surface area contributed by atoms with Gasteiger partial charge in [-0.3, -0.25) is 0 Å². The molecule has 0 unspecified atom stereocenters. The predicted molar refractivity (Wildman–Crippen MR) is 68.1 cm³/mol. The van der Waals surface area contributed by atoms with E-state index in [0.29, 0.717) is 0 Å². The second-order valence-electron chi connectivity index (χ2n) is 3.57. The Balaban J connectivity index is 2.70. The Hall–Kier alpha value is -1.10. The van der Waals surface area contributed by atoms with Crippen LogP contribution in [0.1, 0.15) is 12.5 Å². The topological polar surface area (TPSA) is 27.7 Å². The van der Waals surface area contributed by atoms with Gasteiger partial charge in [0.25, 0.3) is 9.76 Å². The minimum absolute atomic E-state index is 0.589. The van der Waals surface area contributed by atoms with Crippen molar-refractivity contribution in [1.29, 1.82) is 0 Å². The maximum atomic E-state index is 5.79. The molecule has 0 bridgehead atoms. The van der Waals surface area contributed by atoms with Crippen LogP contribution in [0.5, 0.6) is 5.75 Å². The molecular formula is C12H18O3Si.